The molecule has 9 nitrogen and oxygen atoms in total. The van der Waals surface area contributed by atoms with Crippen LogP contribution in [0.3, 0.4) is 0 Å². The van der Waals surface area contributed by atoms with Gasteiger partial charge in [-0.2, -0.15) is 4.98 Å². The quantitative estimate of drug-likeness (QED) is 0.601. The van der Waals surface area contributed by atoms with Crippen LogP contribution in [0.25, 0.3) is 10.3 Å². The highest BCUT2D eigenvalue weighted by molar-refractivity contribution is 7.22. The molecule has 0 spiro atoms. The second kappa shape index (κ2) is 8.91. The zero-order valence-electron chi connectivity index (χ0n) is 16.8. The minimum atomic E-state index is -0.370. The molecule has 0 atom stereocenters. The van der Waals surface area contributed by atoms with E-state index in [0.717, 1.165) is 18.2 Å². The standard InChI is InChI=1S/C19H23N5O4S/c1-5-23(6-2)19-22-17-16(29-19)18(26)24(11-20-17)10-15(25)21-13-8-7-12(27-3)9-14(13)28-4/h7-9,11H,5-6,10H2,1-4H3,(H,21,25). The van der Waals surface area contributed by atoms with Gasteiger partial charge in [0.25, 0.3) is 5.56 Å². The third-order valence-corrected chi connectivity index (χ3v) is 5.50. The maximum Gasteiger partial charge on any atom is 0.273 e. The van der Waals surface area contributed by atoms with Crippen molar-refractivity contribution in [3.63, 3.8) is 0 Å². The van der Waals surface area contributed by atoms with E-state index in [0.29, 0.717) is 27.5 Å². The molecule has 0 saturated heterocycles. The Morgan fingerprint density at radius 2 is 2.00 bits per heavy atom. The summed E-state index contributed by atoms with van der Waals surface area (Å²) in [4.78, 5) is 36.0. The van der Waals surface area contributed by atoms with E-state index >= 15 is 0 Å². The Morgan fingerprint density at radius 3 is 2.66 bits per heavy atom. The van der Waals surface area contributed by atoms with E-state index in [1.807, 2.05) is 13.8 Å². The zero-order valence-corrected chi connectivity index (χ0v) is 17.6. The number of nitrogens with one attached hydrogen (secondary N) is 1. The number of aromatic nitrogens is 3. The Bertz CT molecular complexity index is 1070. The molecular formula is C19H23N5O4S. The van der Waals surface area contributed by atoms with Crippen LogP contribution < -0.4 is 25.2 Å². The van der Waals surface area contributed by atoms with Crippen molar-refractivity contribution in [1.29, 1.82) is 0 Å². The second-order valence-corrected chi connectivity index (χ2v) is 7.09. The molecule has 0 fully saturated rings. The minimum absolute atomic E-state index is 0.171. The number of thiazole rings is 1. The van der Waals surface area contributed by atoms with E-state index in [9.17, 15) is 9.59 Å². The van der Waals surface area contributed by atoms with Gasteiger partial charge in [-0.05, 0) is 26.0 Å². The molecule has 0 radical (unpaired) electrons. The van der Waals surface area contributed by atoms with Gasteiger partial charge in [0.15, 0.2) is 10.8 Å². The molecule has 0 saturated carbocycles. The lowest BCUT2D eigenvalue weighted by Crippen LogP contribution is -2.27. The minimum Gasteiger partial charge on any atom is -0.497 e. The number of hydrogen-bond donors (Lipinski definition) is 1. The number of ether oxygens (including phenoxy) is 2. The van der Waals surface area contributed by atoms with Crippen molar-refractivity contribution in [3.8, 4) is 11.5 Å². The monoisotopic (exact) mass is 417 g/mol. The number of methoxy groups -OCH3 is 2. The molecule has 3 aromatic rings. The molecule has 0 aliphatic rings. The van der Waals surface area contributed by atoms with E-state index in [-0.39, 0.29) is 18.0 Å². The third-order valence-electron chi connectivity index (χ3n) is 4.40. The highest BCUT2D eigenvalue weighted by atomic mass is 32.1. The van der Waals surface area contributed by atoms with Crippen molar-refractivity contribution < 1.29 is 14.3 Å². The van der Waals surface area contributed by atoms with Gasteiger partial charge in [0.1, 0.15) is 29.1 Å². The number of carbonyl (C=O) groups is 1. The van der Waals surface area contributed by atoms with Gasteiger partial charge in [-0.15, -0.1) is 0 Å². The third kappa shape index (κ3) is 4.32. The van der Waals surface area contributed by atoms with E-state index in [4.69, 9.17) is 9.47 Å². The van der Waals surface area contributed by atoms with Crippen LogP contribution in [0, 0.1) is 0 Å². The molecule has 1 aromatic carbocycles. The van der Waals surface area contributed by atoms with Gasteiger partial charge in [0.05, 0.1) is 19.9 Å². The molecule has 0 aliphatic carbocycles. The van der Waals surface area contributed by atoms with E-state index < -0.39 is 0 Å². The topological polar surface area (TPSA) is 98.6 Å². The number of fused-ring (bicyclic) bond motifs is 1. The molecule has 1 N–H and O–H groups in total. The Labute approximate surface area is 171 Å². The van der Waals surface area contributed by atoms with Crippen LogP contribution in [0.1, 0.15) is 13.8 Å². The highest BCUT2D eigenvalue weighted by Gasteiger charge is 2.16. The number of nitrogens with zero attached hydrogens (tertiary/aromatic N) is 4. The summed E-state index contributed by atoms with van der Waals surface area (Å²) < 4.78 is 12.1. The Morgan fingerprint density at radius 1 is 1.24 bits per heavy atom. The van der Waals surface area contributed by atoms with Gasteiger partial charge in [-0.25, -0.2) is 4.98 Å². The van der Waals surface area contributed by atoms with Crippen LogP contribution >= 0.6 is 11.3 Å². The van der Waals surface area contributed by atoms with Crippen LogP contribution in [0.5, 0.6) is 11.5 Å². The van der Waals surface area contributed by atoms with E-state index in [1.54, 1.807) is 25.3 Å². The van der Waals surface area contributed by atoms with Gasteiger partial charge in [0.2, 0.25) is 5.91 Å². The summed E-state index contributed by atoms with van der Waals surface area (Å²) in [6.07, 6.45) is 1.35. The first-order chi connectivity index (χ1) is 14.0. The van der Waals surface area contributed by atoms with Crippen molar-refractivity contribution in [3.05, 3.63) is 34.9 Å². The molecule has 2 aromatic heterocycles. The van der Waals surface area contributed by atoms with Gasteiger partial charge in [-0.3, -0.25) is 14.2 Å². The van der Waals surface area contributed by atoms with Crippen LogP contribution in [-0.4, -0.2) is 47.8 Å². The molecular weight excluding hydrogens is 394 g/mol. The van der Waals surface area contributed by atoms with Crippen molar-refractivity contribution in [1.82, 2.24) is 14.5 Å². The maximum atomic E-state index is 12.8. The molecule has 2 heterocycles. The average Bonchev–Trinajstić information content (AvgIpc) is 3.16. The first-order valence-corrected chi connectivity index (χ1v) is 9.95. The summed E-state index contributed by atoms with van der Waals surface area (Å²) in [5, 5.41) is 3.50. The second-order valence-electron chi connectivity index (χ2n) is 6.11. The highest BCUT2D eigenvalue weighted by Crippen LogP contribution is 2.29. The summed E-state index contributed by atoms with van der Waals surface area (Å²) in [5.74, 6) is 0.704. The lowest BCUT2D eigenvalue weighted by molar-refractivity contribution is -0.116. The van der Waals surface area contributed by atoms with Crippen molar-refractivity contribution in [2.45, 2.75) is 20.4 Å². The summed E-state index contributed by atoms with van der Waals surface area (Å²) in [7, 11) is 3.05. The predicted molar refractivity (Wildman–Crippen MR) is 113 cm³/mol. The Kier molecular flexibility index (Phi) is 6.32. The van der Waals surface area contributed by atoms with Gasteiger partial charge < -0.3 is 19.7 Å². The summed E-state index contributed by atoms with van der Waals surface area (Å²) >= 11 is 1.29. The Balaban J connectivity index is 1.82. The number of anilines is 2. The average molecular weight is 417 g/mol. The van der Waals surface area contributed by atoms with E-state index in [1.165, 1.54) is 29.3 Å². The van der Waals surface area contributed by atoms with E-state index in [2.05, 4.69) is 20.2 Å². The molecule has 0 aliphatic heterocycles. The van der Waals surface area contributed by atoms with Crippen molar-refractivity contribution in [2.75, 3.05) is 37.5 Å². The number of benzene rings is 1. The van der Waals surface area contributed by atoms with Crippen LogP contribution in [0.15, 0.2) is 29.3 Å². The Hall–Kier alpha value is -3.14. The fourth-order valence-electron chi connectivity index (χ4n) is 2.82. The number of carbonyl (C=O) groups excluding carboxylic acids is 1. The smallest absolute Gasteiger partial charge is 0.273 e. The normalized spacial score (nSPS) is 10.8. The van der Waals surface area contributed by atoms with Gasteiger partial charge in [-0.1, -0.05) is 11.3 Å². The maximum absolute atomic E-state index is 12.8. The molecule has 0 unspecified atom stereocenters. The predicted octanol–water partition coefficient (Wildman–Crippen LogP) is 2.36. The van der Waals surface area contributed by atoms with Crippen molar-refractivity contribution >= 4 is 38.4 Å². The molecule has 1 amide bonds. The lowest BCUT2D eigenvalue weighted by Gasteiger charge is -2.15. The van der Waals surface area contributed by atoms with Gasteiger partial charge >= 0.3 is 0 Å². The fourth-order valence-corrected chi connectivity index (χ4v) is 3.92. The van der Waals surface area contributed by atoms with Crippen LogP contribution in [-0.2, 0) is 11.3 Å². The number of amides is 1. The van der Waals surface area contributed by atoms with Crippen LogP contribution in [0.2, 0.25) is 0 Å². The first-order valence-electron chi connectivity index (χ1n) is 9.13. The van der Waals surface area contributed by atoms with Gasteiger partial charge in [0, 0.05) is 19.2 Å². The number of rotatable bonds is 8. The summed E-state index contributed by atoms with van der Waals surface area (Å²) in [6.45, 7) is 5.46. The molecule has 154 valence electrons. The molecule has 3 rings (SSSR count). The molecule has 29 heavy (non-hydrogen) atoms. The molecule has 10 heteroatoms. The zero-order chi connectivity index (χ0) is 21.0. The lowest BCUT2D eigenvalue weighted by atomic mass is 10.2. The number of hydrogen-bond acceptors (Lipinski definition) is 8. The fraction of sp³-hybridized carbons (Fsp3) is 0.368. The largest absolute Gasteiger partial charge is 0.497 e. The molecule has 0 bridgehead atoms. The SMILES string of the molecule is CCN(CC)c1nc2ncn(CC(=O)Nc3ccc(OC)cc3OC)c(=O)c2s1. The summed E-state index contributed by atoms with van der Waals surface area (Å²) in [5.41, 5.74) is 0.597. The summed E-state index contributed by atoms with van der Waals surface area (Å²) in [6, 6.07) is 5.06. The van der Waals surface area contributed by atoms with Crippen LogP contribution in [0.4, 0.5) is 10.8 Å². The first kappa shape index (κ1) is 20.6. The van der Waals surface area contributed by atoms with Crippen molar-refractivity contribution in [2.24, 2.45) is 0 Å².